The van der Waals surface area contributed by atoms with Crippen molar-refractivity contribution in [1.82, 2.24) is 5.32 Å². The molecule has 0 bridgehead atoms. The van der Waals surface area contributed by atoms with Crippen LogP contribution in [-0.2, 0) is 12.8 Å². The predicted octanol–water partition coefficient (Wildman–Crippen LogP) is 2.30. The Balaban J connectivity index is 1.93. The third-order valence-electron chi connectivity index (χ3n) is 3.96. The molecular weight excluding hydrogens is 238 g/mol. The van der Waals surface area contributed by atoms with Gasteiger partial charge in [0.15, 0.2) is 0 Å². The van der Waals surface area contributed by atoms with Crippen LogP contribution in [-0.4, -0.2) is 30.9 Å². The molecule has 0 saturated heterocycles. The third kappa shape index (κ3) is 3.95. The number of rotatable bonds is 6. The van der Waals surface area contributed by atoms with E-state index in [4.69, 9.17) is 9.84 Å². The molecule has 3 heteroatoms. The number of benzene rings is 1. The Bertz CT molecular complexity index is 406. The average molecular weight is 263 g/mol. The van der Waals surface area contributed by atoms with E-state index in [-0.39, 0.29) is 6.61 Å². The third-order valence-corrected chi connectivity index (χ3v) is 3.96. The first-order chi connectivity index (χ1) is 9.22. The Hall–Kier alpha value is -1.06. The number of aliphatic hydroxyl groups excluding tert-OH is 1. The van der Waals surface area contributed by atoms with E-state index in [9.17, 15) is 0 Å². The van der Waals surface area contributed by atoms with Crippen molar-refractivity contribution in [1.29, 1.82) is 0 Å². The fourth-order valence-electron chi connectivity index (χ4n) is 2.89. The Kier molecular flexibility index (Phi) is 5.23. The highest BCUT2D eigenvalue weighted by Gasteiger charge is 2.20. The van der Waals surface area contributed by atoms with E-state index in [1.807, 2.05) is 0 Å². The van der Waals surface area contributed by atoms with Crippen LogP contribution in [0.15, 0.2) is 18.2 Å². The van der Waals surface area contributed by atoms with Crippen molar-refractivity contribution in [2.75, 3.05) is 13.7 Å². The second-order valence-corrected chi connectivity index (χ2v) is 5.51. The summed E-state index contributed by atoms with van der Waals surface area (Å²) < 4.78 is 5.30. The van der Waals surface area contributed by atoms with E-state index >= 15 is 0 Å². The highest BCUT2D eigenvalue weighted by Crippen LogP contribution is 2.25. The molecule has 2 atom stereocenters. The van der Waals surface area contributed by atoms with E-state index in [0.717, 1.165) is 31.4 Å². The minimum absolute atomic E-state index is 0.288. The lowest BCUT2D eigenvalue weighted by Gasteiger charge is -2.28. The van der Waals surface area contributed by atoms with Crippen molar-refractivity contribution < 1.29 is 9.84 Å². The molecule has 2 N–H and O–H groups in total. The fraction of sp³-hybridized carbons (Fsp3) is 0.625. The monoisotopic (exact) mass is 263 g/mol. The van der Waals surface area contributed by atoms with E-state index in [1.165, 1.54) is 17.5 Å². The Morgan fingerprint density at radius 3 is 3.00 bits per heavy atom. The summed E-state index contributed by atoms with van der Waals surface area (Å²) in [6.07, 6.45) is 5.34. The topological polar surface area (TPSA) is 41.5 Å². The van der Waals surface area contributed by atoms with Crippen LogP contribution < -0.4 is 10.1 Å². The van der Waals surface area contributed by atoms with E-state index in [2.05, 4.69) is 30.4 Å². The maximum Gasteiger partial charge on any atom is 0.119 e. The summed E-state index contributed by atoms with van der Waals surface area (Å²) in [4.78, 5) is 0. The highest BCUT2D eigenvalue weighted by atomic mass is 16.5. The maximum atomic E-state index is 8.87. The van der Waals surface area contributed by atoms with Crippen LogP contribution in [0.4, 0.5) is 0 Å². The normalized spacial score (nSPS) is 19.8. The maximum absolute atomic E-state index is 8.87. The van der Waals surface area contributed by atoms with Crippen LogP contribution in [0.3, 0.4) is 0 Å². The first kappa shape index (κ1) is 14.4. The smallest absolute Gasteiger partial charge is 0.119 e. The number of aryl methyl sites for hydroxylation is 1. The molecule has 0 aliphatic heterocycles. The number of nitrogens with one attached hydrogen (secondary N) is 1. The molecule has 0 fully saturated rings. The first-order valence-electron chi connectivity index (χ1n) is 7.25. The molecule has 1 aliphatic rings. The van der Waals surface area contributed by atoms with Crippen molar-refractivity contribution in [2.24, 2.45) is 0 Å². The van der Waals surface area contributed by atoms with Gasteiger partial charge in [0.1, 0.15) is 5.75 Å². The van der Waals surface area contributed by atoms with Crippen molar-refractivity contribution in [3.05, 3.63) is 29.3 Å². The minimum Gasteiger partial charge on any atom is -0.497 e. The van der Waals surface area contributed by atoms with Crippen LogP contribution in [0.25, 0.3) is 0 Å². The van der Waals surface area contributed by atoms with E-state index < -0.39 is 0 Å². The zero-order valence-corrected chi connectivity index (χ0v) is 12.0. The number of ether oxygens (including phenoxy) is 1. The molecule has 0 spiro atoms. The van der Waals surface area contributed by atoms with Crippen molar-refractivity contribution in [2.45, 2.75) is 51.1 Å². The molecule has 0 amide bonds. The van der Waals surface area contributed by atoms with Gasteiger partial charge in [0, 0.05) is 18.7 Å². The van der Waals surface area contributed by atoms with Gasteiger partial charge in [0.2, 0.25) is 0 Å². The molecule has 19 heavy (non-hydrogen) atoms. The summed E-state index contributed by atoms with van der Waals surface area (Å²) in [5, 5.41) is 12.5. The van der Waals surface area contributed by atoms with Gasteiger partial charge in [-0.2, -0.15) is 0 Å². The largest absolute Gasteiger partial charge is 0.497 e. The lowest BCUT2D eigenvalue weighted by atomic mass is 9.87. The summed E-state index contributed by atoms with van der Waals surface area (Å²) in [6.45, 7) is 2.49. The van der Waals surface area contributed by atoms with Gasteiger partial charge < -0.3 is 15.2 Å². The summed E-state index contributed by atoms with van der Waals surface area (Å²) in [5.74, 6) is 0.952. The first-order valence-corrected chi connectivity index (χ1v) is 7.25. The standard InChI is InChI=1S/C16H25NO2/c1-12(4-3-9-18)17-15-7-5-13-6-8-16(19-2)11-14(13)10-15/h6,8,11-12,15,17-18H,3-5,7,9-10H2,1-2H3. The Labute approximate surface area is 116 Å². The van der Waals surface area contributed by atoms with Gasteiger partial charge in [0.05, 0.1) is 7.11 Å². The molecule has 2 rings (SSSR count). The van der Waals surface area contributed by atoms with Gasteiger partial charge in [-0.15, -0.1) is 0 Å². The number of methoxy groups -OCH3 is 1. The van der Waals surface area contributed by atoms with Crippen LogP contribution in [0.1, 0.15) is 37.3 Å². The van der Waals surface area contributed by atoms with Gasteiger partial charge >= 0.3 is 0 Å². The fourth-order valence-corrected chi connectivity index (χ4v) is 2.89. The lowest BCUT2D eigenvalue weighted by molar-refractivity contribution is 0.272. The van der Waals surface area contributed by atoms with E-state index in [1.54, 1.807) is 7.11 Å². The highest BCUT2D eigenvalue weighted by molar-refractivity contribution is 5.37. The number of aliphatic hydroxyl groups is 1. The molecule has 3 nitrogen and oxygen atoms in total. The van der Waals surface area contributed by atoms with Gasteiger partial charge in [-0.1, -0.05) is 6.07 Å². The second-order valence-electron chi connectivity index (χ2n) is 5.51. The van der Waals surface area contributed by atoms with Crippen molar-refractivity contribution in [3.63, 3.8) is 0 Å². The van der Waals surface area contributed by atoms with Crippen LogP contribution >= 0.6 is 0 Å². The molecular formula is C16H25NO2. The predicted molar refractivity (Wildman–Crippen MR) is 77.7 cm³/mol. The molecule has 0 radical (unpaired) electrons. The van der Waals surface area contributed by atoms with Gasteiger partial charge in [-0.25, -0.2) is 0 Å². The molecule has 1 aliphatic carbocycles. The van der Waals surface area contributed by atoms with Crippen molar-refractivity contribution >= 4 is 0 Å². The Morgan fingerprint density at radius 2 is 2.26 bits per heavy atom. The number of fused-ring (bicyclic) bond motifs is 1. The van der Waals surface area contributed by atoms with Gasteiger partial charge in [0.25, 0.3) is 0 Å². The van der Waals surface area contributed by atoms with Crippen LogP contribution in [0.5, 0.6) is 5.75 Å². The summed E-state index contributed by atoms with van der Waals surface area (Å²) in [5.41, 5.74) is 2.87. The lowest BCUT2D eigenvalue weighted by Crippen LogP contribution is -2.40. The summed E-state index contributed by atoms with van der Waals surface area (Å²) >= 11 is 0. The van der Waals surface area contributed by atoms with Crippen LogP contribution in [0, 0.1) is 0 Å². The molecule has 1 aromatic rings. The molecule has 1 aromatic carbocycles. The van der Waals surface area contributed by atoms with Crippen molar-refractivity contribution in [3.8, 4) is 5.75 Å². The molecule has 0 aromatic heterocycles. The molecule has 0 saturated carbocycles. The average Bonchev–Trinajstić information content (AvgIpc) is 2.44. The zero-order valence-electron chi connectivity index (χ0n) is 12.0. The minimum atomic E-state index is 0.288. The summed E-state index contributed by atoms with van der Waals surface area (Å²) in [6, 6.07) is 7.44. The molecule has 0 heterocycles. The quantitative estimate of drug-likeness (QED) is 0.827. The molecule has 2 unspecified atom stereocenters. The number of hydrogen-bond acceptors (Lipinski definition) is 3. The Morgan fingerprint density at radius 1 is 1.42 bits per heavy atom. The SMILES string of the molecule is COc1ccc2c(c1)CC(NC(C)CCCO)CC2. The van der Waals surface area contributed by atoms with Gasteiger partial charge in [-0.3, -0.25) is 0 Å². The number of hydrogen-bond donors (Lipinski definition) is 2. The van der Waals surface area contributed by atoms with E-state index in [0.29, 0.717) is 12.1 Å². The molecule has 106 valence electrons. The van der Waals surface area contributed by atoms with Gasteiger partial charge in [-0.05, 0) is 62.3 Å². The second kappa shape index (κ2) is 6.92. The van der Waals surface area contributed by atoms with Crippen LogP contribution in [0.2, 0.25) is 0 Å². The summed E-state index contributed by atoms with van der Waals surface area (Å²) in [7, 11) is 1.72. The zero-order chi connectivity index (χ0) is 13.7.